The van der Waals surface area contributed by atoms with Gasteiger partial charge in [0.05, 0.1) is 17.6 Å². The summed E-state index contributed by atoms with van der Waals surface area (Å²) in [6.07, 6.45) is 0.408. The van der Waals surface area contributed by atoms with Crippen molar-refractivity contribution in [3.05, 3.63) is 111 Å². The van der Waals surface area contributed by atoms with Crippen molar-refractivity contribution in [2.45, 2.75) is 25.9 Å². The molecule has 1 atom stereocenters. The molecule has 1 heterocycles. The van der Waals surface area contributed by atoms with Crippen molar-refractivity contribution < 1.29 is 13.6 Å². The molecule has 4 aromatic rings. The second-order valence-electron chi connectivity index (χ2n) is 8.04. The van der Waals surface area contributed by atoms with Gasteiger partial charge in [0.15, 0.2) is 0 Å². The van der Waals surface area contributed by atoms with E-state index < -0.39 is 23.7 Å². The first-order valence-corrected chi connectivity index (χ1v) is 11.6. The third-order valence-electron chi connectivity index (χ3n) is 5.49. The van der Waals surface area contributed by atoms with Gasteiger partial charge in [-0.2, -0.15) is 0 Å². The zero-order valence-electron chi connectivity index (χ0n) is 18.7. The molecule has 35 heavy (non-hydrogen) atoms. The highest BCUT2D eigenvalue weighted by Crippen LogP contribution is 2.29. The summed E-state index contributed by atoms with van der Waals surface area (Å²) in [6.45, 7) is 1.61. The van der Waals surface area contributed by atoms with Crippen LogP contribution in [0, 0.1) is 18.6 Å². The van der Waals surface area contributed by atoms with Crippen molar-refractivity contribution in [3.8, 4) is 11.3 Å². The maximum atomic E-state index is 14.2. The van der Waals surface area contributed by atoms with Gasteiger partial charge >= 0.3 is 6.03 Å². The summed E-state index contributed by atoms with van der Waals surface area (Å²) < 4.78 is 28.2. The number of imidazole rings is 1. The summed E-state index contributed by atoms with van der Waals surface area (Å²) >= 11 is 12.2. The molecule has 9 heteroatoms. The first-order chi connectivity index (χ1) is 16.8. The van der Waals surface area contributed by atoms with Gasteiger partial charge in [-0.15, -0.1) is 0 Å². The van der Waals surface area contributed by atoms with Crippen LogP contribution in [0.15, 0.2) is 66.7 Å². The van der Waals surface area contributed by atoms with Gasteiger partial charge in [0.25, 0.3) is 0 Å². The Morgan fingerprint density at radius 1 is 1.03 bits per heavy atom. The molecule has 0 saturated heterocycles. The molecule has 0 aliphatic carbocycles. The summed E-state index contributed by atoms with van der Waals surface area (Å²) in [6, 6.07) is 18.2. The molecule has 0 unspecified atom stereocenters. The van der Waals surface area contributed by atoms with Crippen molar-refractivity contribution in [2.24, 2.45) is 0 Å². The summed E-state index contributed by atoms with van der Waals surface area (Å²) in [4.78, 5) is 20.4. The van der Waals surface area contributed by atoms with Gasteiger partial charge in [-0.05, 0) is 31.0 Å². The number of urea groups is 1. The smallest absolute Gasteiger partial charge is 0.315 e. The monoisotopic (exact) mass is 514 g/mol. The lowest BCUT2D eigenvalue weighted by atomic mass is 10.1. The third kappa shape index (κ3) is 5.99. The van der Waals surface area contributed by atoms with Crippen molar-refractivity contribution in [3.63, 3.8) is 0 Å². The first kappa shape index (κ1) is 24.7. The quantitative estimate of drug-likeness (QED) is 0.238. The molecule has 0 bridgehead atoms. The number of carbonyl (C=O) groups is 1. The van der Waals surface area contributed by atoms with Crippen LogP contribution < -0.4 is 10.6 Å². The Labute approximate surface area is 211 Å². The molecule has 0 fully saturated rings. The van der Waals surface area contributed by atoms with Crippen molar-refractivity contribution in [1.82, 2.24) is 20.6 Å². The fourth-order valence-electron chi connectivity index (χ4n) is 3.61. The number of H-pyrrole nitrogens is 1. The number of carbonyl (C=O) groups excluding carboxylic acids is 1. The molecule has 0 aliphatic rings. The number of benzene rings is 3. The van der Waals surface area contributed by atoms with Crippen molar-refractivity contribution in [2.75, 3.05) is 0 Å². The van der Waals surface area contributed by atoms with E-state index >= 15 is 0 Å². The summed E-state index contributed by atoms with van der Waals surface area (Å²) in [5.74, 6) is -1.26. The lowest BCUT2D eigenvalue weighted by Crippen LogP contribution is -2.39. The Morgan fingerprint density at radius 3 is 2.46 bits per heavy atom. The number of amides is 2. The molecular formula is C26H22Cl2F2N4O. The second kappa shape index (κ2) is 10.9. The first-order valence-electron chi connectivity index (χ1n) is 10.8. The Hall–Kier alpha value is -3.42. The van der Waals surface area contributed by atoms with E-state index in [1.54, 1.807) is 0 Å². The van der Waals surface area contributed by atoms with Crippen LogP contribution >= 0.6 is 23.2 Å². The predicted molar refractivity (Wildman–Crippen MR) is 133 cm³/mol. The van der Waals surface area contributed by atoms with Gasteiger partial charge in [0, 0.05) is 11.1 Å². The van der Waals surface area contributed by atoms with E-state index in [0.717, 1.165) is 28.8 Å². The average molecular weight is 515 g/mol. The number of aromatic amines is 1. The summed E-state index contributed by atoms with van der Waals surface area (Å²) in [5.41, 5.74) is 3.13. The van der Waals surface area contributed by atoms with Gasteiger partial charge in [0.2, 0.25) is 0 Å². The number of nitrogens with zero attached hydrogens (tertiary/aromatic N) is 1. The highest BCUT2D eigenvalue weighted by Gasteiger charge is 2.22. The van der Waals surface area contributed by atoms with Gasteiger partial charge in [-0.3, -0.25) is 0 Å². The molecular weight excluding hydrogens is 493 g/mol. The molecule has 4 rings (SSSR count). The Bertz CT molecular complexity index is 1330. The third-order valence-corrected chi connectivity index (χ3v) is 6.05. The molecule has 3 aromatic carbocycles. The van der Waals surface area contributed by atoms with Crippen LogP contribution in [0.5, 0.6) is 0 Å². The normalized spacial score (nSPS) is 11.8. The van der Waals surface area contributed by atoms with Crippen LogP contribution in [-0.4, -0.2) is 16.0 Å². The van der Waals surface area contributed by atoms with E-state index in [9.17, 15) is 13.6 Å². The highest BCUT2D eigenvalue weighted by molar-refractivity contribution is 6.32. The van der Waals surface area contributed by atoms with Gasteiger partial charge in [-0.1, -0.05) is 83.4 Å². The van der Waals surface area contributed by atoms with E-state index in [4.69, 9.17) is 23.2 Å². The van der Waals surface area contributed by atoms with Crippen molar-refractivity contribution in [1.29, 1.82) is 0 Å². The molecule has 5 nitrogen and oxygen atoms in total. The summed E-state index contributed by atoms with van der Waals surface area (Å²) in [7, 11) is 0. The zero-order chi connectivity index (χ0) is 24.9. The van der Waals surface area contributed by atoms with E-state index in [2.05, 4.69) is 20.6 Å². The number of hydrogen-bond acceptors (Lipinski definition) is 2. The van der Waals surface area contributed by atoms with Gasteiger partial charge in [0.1, 0.15) is 28.3 Å². The maximum Gasteiger partial charge on any atom is 0.315 e. The SMILES string of the molecule is Cc1ccc(-c2nc([C@H](Cc3ccccc3)NC(=O)NCc3c(F)ccc(Cl)c3F)[nH]c2Cl)cc1. The molecule has 2 amide bonds. The Balaban J connectivity index is 1.56. The van der Waals surface area contributed by atoms with E-state index in [0.29, 0.717) is 23.1 Å². The lowest BCUT2D eigenvalue weighted by Gasteiger charge is -2.18. The second-order valence-corrected chi connectivity index (χ2v) is 8.83. The van der Waals surface area contributed by atoms with E-state index in [1.165, 1.54) is 0 Å². The van der Waals surface area contributed by atoms with Gasteiger partial charge in [-0.25, -0.2) is 18.6 Å². The van der Waals surface area contributed by atoms with Crippen LogP contribution in [-0.2, 0) is 13.0 Å². The molecule has 0 radical (unpaired) electrons. The van der Waals surface area contributed by atoms with Crippen LogP contribution in [0.4, 0.5) is 13.6 Å². The molecule has 1 aromatic heterocycles. The van der Waals surface area contributed by atoms with Crippen LogP contribution in [0.25, 0.3) is 11.3 Å². The maximum absolute atomic E-state index is 14.2. The molecule has 180 valence electrons. The zero-order valence-corrected chi connectivity index (χ0v) is 20.2. The number of hydrogen-bond donors (Lipinski definition) is 3. The molecule has 0 saturated carbocycles. The minimum Gasteiger partial charge on any atom is -0.334 e. The predicted octanol–water partition coefficient (Wildman–Crippen LogP) is 6.75. The Morgan fingerprint density at radius 2 is 1.74 bits per heavy atom. The standard InChI is InChI=1S/C26H22Cl2F2N4O/c1-15-7-9-17(10-8-15)23-24(28)34-25(33-23)21(13-16-5-3-2-4-6-16)32-26(35)31-14-18-20(29)12-11-19(27)22(18)30/h2-12,21H,13-14H2,1H3,(H,33,34)(H2,31,32,35)/t21-/m0/s1. The van der Waals surface area contributed by atoms with Gasteiger partial charge < -0.3 is 15.6 Å². The summed E-state index contributed by atoms with van der Waals surface area (Å²) in [5, 5.41) is 5.43. The fourth-order valence-corrected chi connectivity index (χ4v) is 4.04. The van der Waals surface area contributed by atoms with Crippen LogP contribution in [0.1, 0.15) is 28.6 Å². The number of rotatable bonds is 7. The van der Waals surface area contributed by atoms with Crippen LogP contribution in [0.2, 0.25) is 10.2 Å². The van der Waals surface area contributed by atoms with Crippen LogP contribution in [0.3, 0.4) is 0 Å². The number of aromatic nitrogens is 2. The number of nitrogens with one attached hydrogen (secondary N) is 3. The minimum atomic E-state index is -0.909. The Kier molecular flexibility index (Phi) is 7.68. The number of halogens is 4. The topological polar surface area (TPSA) is 69.8 Å². The lowest BCUT2D eigenvalue weighted by molar-refractivity contribution is 0.236. The number of aryl methyl sites for hydroxylation is 1. The fraction of sp³-hybridized carbons (Fsp3) is 0.154. The average Bonchev–Trinajstić information content (AvgIpc) is 3.24. The minimum absolute atomic E-state index is 0.223. The largest absolute Gasteiger partial charge is 0.334 e. The van der Waals surface area contributed by atoms with E-state index in [1.807, 2.05) is 61.5 Å². The molecule has 3 N–H and O–H groups in total. The molecule has 0 spiro atoms. The van der Waals surface area contributed by atoms with Crippen molar-refractivity contribution >= 4 is 29.2 Å². The van der Waals surface area contributed by atoms with E-state index in [-0.39, 0.29) is 17.1 Å². The molecule has 0 aliphatic heterocycles. The highest BCUT2D eigenvalue weighted by atomic mass is 35.5.